The SMILES string of the molecule is COc1ccc(C(OCCCN(CCCO)CC(=O)NCCNC(=O)CCCC[C@@H]2SC[C@@H]3NC(=O)N[C@@H]32)(c2ccccc2)c2ccc(OC)cc2)cc1. The third-order valence-electron chi connectivity index (χ3n) is 9.96. The highest BCUT2D eigenvalue weighted by molar-refractivity contribution is 8.00. The number of amides is 4. The van der Waals surface area contributed by atoms with Crippen molar-refractivity contribution in [2.45, 2.75) is 61.5 Å². The van der Waals surface area contributed by atoms with Gasteiger partial charge < -0.3 is 40.6 Å². The van der Waals surface area contributed by atoms with Crippen LogP contribution in [0.1, 0.15) is 55.2 Å². The van der Waals surface area contributed by atoms with Gasteiger partial charge in [-0.1, -0.05) is 61.0 Å². The van der Waals surface area contributed by atoms with E-state index in [1.54, 1.807) is 14.2 Å². The minimum absolute atomic E-state index is 0.0288. The second kappa shape index (κ2) is 21.0. The van der Waals surface area contributed by atoms with Crippen molar-refractivity contribution in [3.8, 4) is 11.5 Å². The summed E-state index contributed by atoms with van der Waals surface area (Å²) < 4.78 is 17.9. The van der Waals surface area contributed by atoms with Crippen LogP contribution in [0.15, 0.2) is 78.9 Å². The number of urea groups is 1. The van der Waals surface area contributed by atoms with Gasteiger partial charge >= 0.3 is 6.03 Å². The quantitative estimate of drug-likeness (QED) is 0.0549. The highest BCUT2D eigenvalue weighted by atomic mass is 32.2. The number of fused-ring (bicyclic) bond motifs is 1. The molecule has 13 heteroatoms. The van der Waals surface area contributed by atoms with Crippen LogP contribution in [-0.2, 0) is 19.9 Å². The van der Waals surface area contributed by atoms with E-state index in [1.165, 1.54) is 0 Å². The van der Waals surface area contributed by atoms with Crippen LogP contribution in [0.25, 0.3) is 0 Å². The van der Waals surface area contributed by atoms with Gasteiger partial charge in [-0.05, 0) is 66.6 Å². The van der Waals surface area contributed by atoms with Crippen molar-refractivity contribution in [1.82, 2.24) is 26.2 Å². The molecule has 0 aromatic heterocycles. The Hall–Kier alpha value is -4.30. The Morgan fingerprint density at radius 2 is 1.43 bits per heavy atom. The monoisotopic (exact) mass is 761 g/mol. The van der Waals surface area contributed by atoms with Gasteiger partial charge in [-0.2, -0.15) is 11.8 Å². The van der Waals surface area contributed by atoms with Gasteiger partial charge in [0.15, 0.2) is 0 Å². The molecule has 0 radical (unpaired) electrons. The normalized spacial score (nSPS) is 17.8. The smallest absolute Gasteiger partial charge is 0.315 e. The minimum Gasteiger partial charge on any atom is -0.497 e. The molecule has 2 fully saturated rings. The molecule has 0 spiro atoms. The lowest BCUT2D eigenvalue weighted by atomic mass is 9.80. The lowest BCUT2D eigenvalue weighted by Gasteiger charge is -2.36. The number of benzene rings is 3. The molecule has 3 aromatic rings. The molecule has 3 aromatic carbocycles. The molecule has 5 rings (SSSR count). The second-order valence-corrected chi connectivity index (χ2v) is 14.9. The zero-order chi connectivity index (χ0) is 38.2. The maximum Gasteiger partial charge on any atom is 0.315 e. The molecule has 0 aliphatic carbocycles. The molecule has 5 N–H and O–H groups in total. The fraction of sp³-hybridized carbons (Fsp3) is 0.488. The fourth-order valence-electron chi connectivity index (χ4n) is 7.18. The summed E-state index contributed by atoms with van der Waals surface area (Å²) >= 11 is 1.88. The number of aliphatic hydroxyl groups is 1. The second-order valence-electron chi connectivity index (χ2n) is 13.6. The molecule has 2 heterocycles. The Balaban J connectivity index is 1.09. The van der Waals surface area contributed by atoms with E-state index in [1.807, 2.05) is 83.4 Å². The number of thioether (sulfide) groups is 1. The first kappa shape index (κ1) is 40.9. The summed E-state index contributed by atoms with van der Waals surface area (Å²) in [5.74, 6) is 2.26. The van der Waals surface area contributed by atoms with Crippen LogP contribution in [0.5, 0.6) is 11.5 Å². The van der Waals surface area contributed by atoms with Gasteiger partial charge in [0.25, 0.3) is 0 Å². The topological polar surface area (TPSA) is 150 Å². The number of nitrogens with one attached hydrogen (secondary N) is 4. The van der Waals surface area contributed by atoms with Crippen LogP contribution in [-0.4, -0.2) is 111 Å². The van der Waals surface area contributed by atoms with Gasteiger partial charge in [-0.3, -0.25) is 14.5 Å². The summed E-state index contributed by atoms with van der Waals surface area (Å²) in [5, 5.41) is 21.7. The number of rotatable bonds is 23. The van der Waals surface area contributed by atoms with Crippen LogP contribution < -0.4 is 30.7 Å². The van der Waals surface area contributed by atoms with Crippen LogP contribution in [0.3, 0.4) is 0 Å². The molecule has 2 saturated heterocycles. The van der Waals surface area contributed by atoms with E-state index in [0.717, 1.165) is 53.2 Å². The lowest BCUT2D eigenvalue weighted by Crippen LogP contribution is -2.41. The molecule has 0 saturated carbocycles. The molecule has 4 amide bonds. The number of hydrogen-bond acceptors (Lipinski definition) is 9. The number of methoxy groups -OCH3 is 2. The van der Waals surface area contributed by atoms with Crippen LogP contribution >= 0.6 is 11.8 Å². The van der Waals surface area contributed by atoms with Crippen LogP contribution in [0.2, 0.25) is 0 Å². The van der Waals surface area contributed by atoms with Crippen molar-refractivity contribution < 1.29 is 33.7 Å². The number of hydrogen-bond donors (Lipinski definition) is 5. The van der Waals surface area contributed by atoms with Crippen LogP contribution in [0.4, 0.5) is 4.79 Å². The van der Waals surface area contributed by atoms with Gasteiger partial charge in [0, 0.05) is 56.8 Å². The summed E-state index contributed by atoms with van der Waals surface area (Å²) in [7, 11) is 3.29. The largest absolute Gasteiger partial charge is 0.497 e. The van der Waals surface area contributed by atoms with E-state index in [0.29, 0.717) is 57.3 Å². The first-order chi connectivity index (χ1) is 26.4. The maximum absolute atomic E-state index is 12.9. The molecule has 292 valence electrons. The van der Waals surface area contributed by atoms with Gasteiger partial charge in [-0.25, -0.2) is 4.79 Å². The predicted molar refractivity (Wildman–Crippen MR) is 211 cm³/mol. The molecule has 3 atom stereocenters. The molecule has 12 nitrogen and oxygen atoms in total. The van der Waals surface area contributed by atoms with Gasteiger partial charge in [-0.15, -0.1) is 0 Å². The first-order valence-corrected chi connectivity index (χ1v) is 19.9. The van der Waals surface area contributed by atoms with Crippen molar-refractivity contribution in [2.24, 2.45) is 0 Å². The number of unbranched alkanes of at least 4 members (excludes halogenated alkanes) is 1. The fourth-order valence-corrected chi connectivity index (χ4v) is 8.72. The number of ether oxygens (including phenoxy) is 3. The van der Waals surface area contributed by atoms with E-state index >= 15 is 0 Å². The van der Waals surface area contributed by atoms with Crippen LogP contribution in [0, 0.1) is 0 Å². The summed E-state index contributed by atoms with van der Waals surface area (Å²) in [5.41, 5.74) is 1.94. The molecule has 2 aliphatic heterocycles. The molecule has 0 unspecified atom stereocenters. The Morgan fingerprint density at radius 3 is 2.06 bits per heavy atom. The van der Waals surface area contributed by atoms with E-state index in [2.05, 4.69) is 33.4 Å². The van der Waals surface area contributed by atoms with Crippen molar-refractivity contribution in [3.05, 3.63) is 95.6 Å². The molecule has 54 heavy (non-hydrogen) atoms. The molecule has 2 aliphatic rings. The Morgan fingerprint density at radius 1 is 0.815 bits per heavy atom. The zero-order valence-corrected chi connectivity index (χ0v) is 32.2. The lowest BCUT2D eigenvalue weighted by molar-refractivity contribution is -0.123. The summed E-state index contributed by atoms with van der Waals surface area (Å²) in [6.45, 7) is 2.43. The number of aliphatic hydroxyl groups excluding tert-OH is 1. The van der Waals surface area contributed by atoms with Crippen molar-refractivity contribution in [1.29, 1.82) is 0 Å². The Labute approximate surface area is 323 Å². The highest BCUT2D eigenvalue weighted by Crippen LogP contribution is 2.42. The predicted octanol–water partition coefficient (Wildman–Crippen LogP) is 4.05. The Kier molecular flexibility index (Phi) is 15.9. The number of carbonyl (C=O) groups excluding carboxylic acids is 3. The van der Waals surface area contributed by atoms with Crippen molar-refractivity contribution in [2.75, 3.05) is 65.9 Å². The summed E-state index contributed by atoms with van der Waals surface area (Å²) in [6.07, 6.45) is 4.29. The van der Waals surface area contributed by atoms with E-state index in [-0.39, 0.29) is 43.1 Å². The number of nitrogens with zero attached hydrogens (tertiary/aromatic N) is 1. The minimum atomic E-state index is -0.928. The molecular formula is C41H55N5O7S. The van der Waals surface area contributed by atoms with Crippen molar-refractivity contribution >= 4 is 29.6 Å². The zero-order valence-electron chi connectivity index (χ0n) is 31.4. The summed E-state index contributed by atoms with van der Waals surface area (Å²) in [4.78, 5) is 38.9. The van der Waals surface area contributed by atoms with E-state index in [9.17, 15) is 19.5 Å². The Bertz CT molecular complexity index is 1560. The maximum atomic E-state index is 12.9. The third kappa shape index (κ3) is 11.1. The van der Waals surface area contributed by atoms with Gasteiger partial charge in [0.2, 0.25) is 11.8 Å². The number of carbonyl (C=O) groups is 3. The first-order valence-electron chi connectivity index (χ1n) is 18.9. The average molecular weight is 762 g/mol. The highest BCUT2D eigenvalue weighted by Gasteiger charge is 2.42. The van der Waals surface area contributed by atoms with Gasteiger partial charge in [0.05, 0.1) is 32.8 Å². The molecule has 0 bridgehead atoms. The van der Waals surface area contributed by atoms with Crippen molar-refractivity contribution in [3.63, 3.8) is 0 Å². The third-order valence-corrected chi connectivity index (χ3v) is 11.5. The van der Waals surface area contributed by atoms with E-state index < -0.39 is 5.60 Å². The standard InChI is InChI=1S/C41H55N5O7S/c1-51-33-18-14-31(15-19-33)41(30-10-4-3-5-11-30,32-16-20-34(52-2)21-17-32)53-27-9-25-46(24-8-26-47)28-38(49)43-23-22-42-37(48)13-7-6-12-36-39-35(29-54-36)44-40(50)45-39/h3-5,10-11,14-21,35-36,39,47H,6-9,12-13,22-29H2,1-2H3,(H,42,48)(H,43,49)(H2,44,45,50)/t35-,36-,39-/m0/s1. The molecular weight excluding hydrogens is 707 g/mol. The van der Waals surface area contributed by atoms with Gasteiger partial charge in [0.1, 0.15) is 17.1 Å². The average Bonchev–Trinajstić information content (AvgIpc) is 3.76. The summed E-state index contributed by atoms with van der Waals surface area (Å²) in [6, 6.07) is 26.3. The van der Waals surface area contributed by atoms with E-state index in [4.69, 9.17) is 14.2 Å².